The highest BCUT2D eigenvalue weighted by Crippen LogP contribution is 2.44. The lowest BCUT2D eigenvalue weighted by Gasteiger charge is -2.23. The number of hydrogen-bond donors (Lipinski definition) is 0. The van der Waals surface area contributed by atoms with E-state index < -0.39 is 11.9 Å². The number of hydrogen-bond acceptors (Lipinski definition) is 7. The van der Waals surface area contributed by atoms with Crippen molar-refractivity contribution >= 4 is 44.9 Å². The average molecular weight is 525 g/mol. The van der Waals surface area contributed by atoms with E-state index in [1.54, 1.807) is 37.4 Å². The summed E-state index contributed by atoms with van der Waals surface area (Å²) in [6.45, 7) is 8.49. The van der Waals surface area contributed by atoms with Crippen LogP contribution in [0.3, 0.4) is 0 Å². The molecule has 2 aromatic carbocycles. The van der Waals surface area contributed by atoms with Gasteiger partial charge in [0, 0.05) is 9.90 Å². The van der Waals surface area contributed by atoms with Crippen LogP contribution in [-0.4, -0.2) is 24.6 Å². The molecule has 186 valence electrons. The maximum Gasteiger partial charge on any atom is 0.297 e. The van der Waals surface area contributed by atoms with Crippen LogP contribution in [-0.2, 0) is 0 Å². The molecular weight excluding hydrogens is 500 g/mol. The van der Waals surface area contributed by atoms with Gasteiger partial charge in [0.25, 0.3) is 5.91 Å². The topological polar surface area (TPSA) is 81.9 Å². The first kappa shape index (κ1) is 24.3. The predicted molar refractivity (Wildman–Crippen MR) is 141 cm³/mol. The molecule has 1 unspecified atom stereocenters. The Bertz CT molecular complexity index is 1540. The minimum Gasteiger partial charge on any atom is -0.493 e. The summed E-state index contributed by atoms with van der Waals surface area (Å²) in [5, 5.41) is 1.22. The average Bonchev–Trinajstić information content (AvgIpc) is 3.33. The minimum atomic E-state index is -0.759. The van der Waals surface area contributed by atoms with Crippen LogP contribution in [0, 0.1) is 19.8 Å². The van der Waals surface area contributed by atoms with E-state index in [9.17, 15) is 9.59 Å². The number of carbonyl (C=O) groups excluding carboxylic acids is 1. The minimum absolute atomic E-state index is 0.00410. The molecule has 1 amide bonds. The first-order chi connectivity index (χ1) is 17.2. The van der Waals surface area contributed by atoms with Crippen molar-refractivity contribution in [3.63, 3.8) is 0 Å². The summed E-state index contributed by atoms with van der Waals surface area (Å²) >= 11 is 7.58. The molecule has 3 heterocycles. The predicted octanol–water partition coefficient (Wildman–Crippen LogP) is 6.31. The van der Waals surface area contributed by atoms with E-state index in [-0.39, 0.29) is 16.8 Å². The molecule has 1 aliphatic heterocycles. The summed E-state index contributed by atoms with van der Waals surface area (Å²) < 4.78 is 17.5. The van der Waals surface area contributed by atoms with Crippen LogP contribution < -0.4 is 19.8 Å². The van der Waals surface area contributed by atoms with Gasteiger partial charge in [0.05, 0.1) is 36.4 Å². The summed E-state index contributed by atoms with van der Waals surface area (Å²) in [6, 6.07) is 9.47. The number of nitrogens with zero attached hydrogens (tertiary/aromatic N) is 2. The zero-order valence-corrected chi connectivity index (χ0v) is 22.1. The molecule has 0 aliphatic carbocycles. The second-order valence-corrected chi connectivity index (χ2v) is 10.8. The SMILES string of the molecule is COc1cc(C2c3c(oc4ccc(Cl)cc4c3=O)C(=O)N2c2nc(C)c(C)s2)ccc1OCC(C)C. The Morgan fingerprint density at radius 3 is 2.58 bits per heavy atom. The number of thiazole rings is 1. The maximum absolute atomic E-state index is 13.8. The Balaban J connectivity index is 1.74. The van der Waals surface area contributed by atoms with Gasteiger partial charge in [-0.25, -0.2) is 4.98 Å². The summed E-state index contributed by atoms with van der Waals surface area (Å²) in [5.41, 5.74) is 1.74. The zero-order valence-electron chi connectivity index (χ0n) is 20.5. The molecule has 7 nitrogen and oxygen atoms in total. The Morgan fingerprint density at radius 2 is 1.92 bits per heavy atom. The van der Waals surface area contributed by atoms with Crippen LogP contribution in [0.2, 0.25) is 5.02 Å². The molecule has 4 aromatic rings. The van der Waals surface area contributed by atoms with Gasteiger partial charge >= 0.3 is 0 Å². The number of amides is 1. The fourth-order valence-electron chi connectivity index (χ4n) is 4.25. The van der Waals surface area contributed by atoms with Crippen LogP contribution in [0.25, 0.3) is 11.0 Å². The number of aromatic nitrogens is 1. The molecule has 2 aromatic heterocycles. The largest absolute Gasteiger partial charge is 0.493 e. The molecule has 0 radical (unpaired) electrons. The lowest BCUT2D eigenvalue weighted by Crippen LogP contribution is -2.29. The van der Waals surface area contributed by atoms with Gasteiger partial charge in [-0.3, -0.25) is 14.5 Å². The quantitative estimate of drug-likeness (QED) is 0.294. The molecule has 0 saturated heterocycles. The van der Waals surface area contributed by atoms with Crippen molar-refractivity contribution in [2.45, 2.75) is 33.7 Å². The van der Waals surface area contributed by atoms with E-state index in [0.717, 1.165) is 10.6 Å². The Hall–Kier alpha value is -3.36. The summed E-state index contributed by atoms with van der Waals surface area (Å²) in [6.07, 6.45) is 0. The Morgan fingerprint density at radius 1 is 1.14 bits per heavy atom. The number of benzene rings is 2. The highest BCUT2D eigenvalue weighted by Gasteiger charge is 2.45. The number of aryl methyl sites for hydroxylation is 2. The highest BCUT2D eigenvalue weighted by molar-refractivity contribution is 7.15. The van der Waals surface area contributed by atoms with Crippen LogP contribution in [0.1, 0.15) is 52.1 Å². The third-order valence-electron chi connectivity index (χ3n) is 6.13. The Kier molecular flexibility index (Phi) is 6.26. The third-order valence-corrected chi connectivity index (χ3v) is 7.44. The van der Waals surface area contributed by atoms with Crippen molar-refractivity contribution in [1.29, 1.82) is 0 Å². The van der Waals surface area contributed by atoms with Crippen LogP contribution in [0.15, 0.2) is 45.6 Å². The summed E-state index contributed by atoms with van der Waals surface area (Å²) in [7, 11) is 1.56. The Labute approximate surface area is 217 Å². The lowest BCUT2D eigenvalue weighted by molar-refractivity contribution is 0.0971. The van der Waals surface area contributed by atoms with Gasteiger partial charge in [-0.1, -0.05) is 31.5 Å². The first-order valence-corrected chi connectivity index (χ1v) is 12.7. The highest BCUT2D eigenvalue weighted by atomic mass is 35.5. The van der Waals surface area contributed by atoms with Crippen molar-refractivity contribution in [1.82, 2.24) is 4.98 Å². The lowest BCUT2D eigenvalue weighted by atomic mass is 9.98. The molecule has 0 bridgehead atoms. The van der Waals surface area contributed by atoms with E-state index in [0.29, 0.717) is 50.7 Å². The molecule has 0 N–H and O–H groups in total. The van der Waals surface area contributed by atoms with Gasteiger partial charge in [-0.15, -0.1) is 11.3 Å². The van der Waals surface area contributed by atoms with Gasteiger partial charge < -0.3 is 13.9 Å². The number of ether oxygens (including phenoxy) is 2. The van der Waals surface area contributed by atoms with Gasteiger partial charge in [0.1, 0.15) is 5.58 Å². The van der Waals surface area contributed by atoms with Gasteiger partial charge in [-0.05, 0) is 55.7 Å². The van der Waals surface area contributed by atoms with Crippen LogP contribution in [0.5, 0.6) is 11.5 Å². The second kappa shape index (κ2) is 9.26. The second-order valence-electron chi connectivity index (χ2n) is 9.15. The molecule has 9 heteroatoms. The van der Waals surface area contributed by atoms with Crippen LogP contribution in [0.4, 0.5) is 5.13 Å². The van der Waals surface area contributed by atoms with Gasteiger partial charge in [0.15, 0.2) is 22.1 Å². The molecule has 5 rings (SSSR count). The number of rotatable bonds is 6. The van der Waals surface area contributed by atoms with E-state index in [4.69, 9.17) is 25.5 Å². The molecule has 0 spiro atoms. The number of halogens is 1. The fourth-order valence-corrected chi connectivity index (χ4v) is 5.36. The summed E-state index contributed by atoms with van der Waals surface area (Å²) in [5.74, 6) is 1.02. The number of anilines is 1. The maximum atomic E-state index is 13.8. The number of methoxy groups -OCH3 is 1. The smallest absolute Gasteiger partial charge is 0.297 e. The molecular formula is C27H25ClN2O5S. The van der Waals surface area contributed by atoms with E-state index in [1.165, 1.54) is 16.2 Å². The molecule has 1 aliphatic rings. The molecule has 0 fully saturated rings. The monoisotopic (exact) mass is 524 g/mol. The van der Waals surface area contributed by atoms with E-state index in [1.807, 2.05) is 19.9 Å². The van der Waals surface area contributed by atoms with Gasteiger partial charge in [0.2, 0.25) is 5.76 Å². The van der Waals surface area contributed by atoms with E-state index >= 15 is 0 Å². The molecule has 1 atom stereocenters. The molecule has 36 heavy (non-hydrogen) atoms. The van der Waals surface area contributed by atoms with Crippen molar-refractivity contribution in [2.75, 3.05) is 18.6 Å². The van der Waals surface area contributed by atoms with Crippen molar-refractivity contribution < 1.29 is 18.7 Å². The third kappa shape index (κ3) is 4.04. The summed E-state index contributed by atoms with van der Waals surface area (Å²) in [4.78, 5) is 34.7. The van der Waals surface area contributed by atoms with Gasteiger partial charge in [-0.2, -0.15) is 0 Å². The van der Waals surface area contributed by atoms with E-state index in [2.05, 4.69) is 18.8 Å². The number of carbonyl (C=O) groups is 1. The normalized spacial score (nSPS) is 15.1. The first-order valence-electron chi connectivity index (χ1n) is 11.5. The zero-order chi connectivity index (χ0) is 25.7. The van der Waals surface area contributed by atoms with Crippen molar-refractivity contribution in [3.8, 4) is 11.5 Å². The van der Waals surface area contributed by atoms with Crippen molar-refractivity contribution in [3.05, 3.63) is 79.1 Å². The number of fused-ring (bicyclic) bond motifs is 2. The molecule has 0 saturated carbocycles. The fraction of sp³-hybridized carbons (Fsp3) is 0.296. The van der Waals surface area contributed by atoms with Crippen molar-refractivity contribution in [2.24, 2.45) is 5.92 Å². The van der Waals surface area contributed by atoms with Crippen LogP contribution >= 0.6 is 22.9 Å². The standard InChI is InChI=1S/C27H25ClN2O5S/c1-13(2)12-34-20-8-6-16(10-21(20)33-5)23-22-24(31)18-11-17(28)7-9-19(18)35-25(22)26(32)30(23)27-29-14(3)15(4)36-27/h6-11,13,23H,12H2,1-5H3.